The number of halogens is 1. The number of nitrogens with one attached hydrogen (secondary N) is 1. The molecular weight excluding hydrogens is 318 g/mol. The summed E-state index contributed by atoms with van der Waals surface area (Å²) in [5.41, 5.74) is -0.174. The average Bonchev–Trinajstić information content (AvgIpc) is 3.13. The van der Waals surface area contributed by atoms with Crippen molar-refractivity contribution >= 4 is 34.7 Å². The van der Waals surface area contributed by atoms with Crippen molar-refractivity contribution in [3.63, 3.8) is 0 Å². The van der Waals surface area contributed by atoms with Crippen LogP contribution >= 0.6 is 34.7 Å². The molecule has 2 aromatic rings. The molecule has 1 atom stereocenters. The largest absolute Gasteiger partial charge is 0.376 e. The van der Waals surface area contributed by atoms with Crippen molar-refractivity contribution in [3.8, 4) is 0 Å². The number of rotatable bonds is 5. The number of hydrogen-bond donors (Lipinski definition) is 1. The maximum atomic E-state index is 11.8. The molecule has 0 bridgehead atoms. The first-order chi connectivity index (χ1) is 9.72. The Bertz CT molecular complexity index is 631. The molecule has 0 saturated carbocycles. The molecule has 0 amide bonds. The lowest BCUT2D eigenvalue weighted by atomic mass is 10.2. The van der Waals surface area contributed by atoms with Crippen molar-refractivity contribution in [1.82, 2.24) is 14.8 Å². The van der Waals surface area contributed by atoms with E-state index >= 15 is 0 Å². The first kappa shape index (κ1) is 14.2. The summed E-state index contributed by atoms with van der Waals surface area (Å²) in [5, 5.41) is 7.30. The topological polar surface area (TPSA) is 59.9 Å². The third-order valence-corrected chi connectivity index (χ3v) is 5.54. The number of H-pyrrole nitrogens is 1. The van der Waals surface area contributed by atoms with E-state index in [1.165, 1.54) is 16.6 Å². The first-order valence-corrected chi connectivity index (χ1v) is 8.54. The Kier molecular flexibility index (Phi) is 4.50. The van der Waals surface area contributed by atoms with Crippen molar-refractivity contribution in [2.75, 3.05) is 6.61 Å². The molecule has 0 radical (unpaired) electrons. The minimum atomic E-state index is -0.174. The summed E-state index contributed by atoms with van der Waals surface area (Å²) >= 11 is 8.99. The van der Waals surface area contributed by atoms with Crippen LogP contribution in [0.3, 0.4) is 0 Å². The van der Waals surface area contributed by atoms with Crippen LogP contribution in [-0.2, 0) is 17.0 Å². The summed E-state index contributed by atoms with van der Waals surface area (Å²) in [6.45, 7) is 1.36. The van der Waals surface area contributed by atoms with Gasteiger partial charge in [-0.15, -0.1) is 16.4 Å². The molecule has 20 heavy (non-hydrogen) atoms. The molecule has 1 N–H and O–H groups in total. The molecule has 2 aromatic heterocycles. The fraction of sp³-hybridized carbons (Fsp3) is 0.500. The van der Waals surface area contributed by atoms with Crippen molar-refractivity contribution < 1.29 is 4.74 Å². The van der Waals surface area contributed by atoms with E-state index in [4.69, 9.17) is 16.3 Å². The van der Waals surface area contributed by atoms with Gasteiger partial charge in [-0.05, 0) is 25.0 Å². The normalized spacial score (nSPS) is 18.8. The summed E-state index contributed by atoms with van der Waals surface area (Å²) in [5.74, 6) is 0.757. The summed E-state index contributed by atoms with van der Waals surface area (Å²) in [6, 6.07) is 3.88. The van der Waals surface area contributed by atoms with E-state index in [0.717, 1.165) is 29.5 Å². The molecule has 5 nitrogen and oxygen atoms in total. The Morgan fingerprint density at radius 2 is 2.50 bits per heavy atom. The fourth-order valence-electron chi connectivity index (χ4n) is 2.13. The van der Waals surface area contributed by atoms with Gasteiger partial charge in [-0.25, -0.2) is 9.89 Å². The monoisotopic (exact) mass is 331 g/mol. The second-order valence-electron chi connectivity index (χ2n) is 4.55. The second-order valence-corrected chi connectivity index (χ2v) is 7.29. The van der Waals surface area contributed by atoms with Crippen LogP contribution in [0.2, 0.25) is 4.34 Å². The summed E-state index contributed by atoms with van der Waals surface area (Å²) in [6.07, 6.45) is 2.19. The molecule has 1 unspecified atom stereocenters. The first-order valence-electron chi connectivity index (χ1n) is 6.36. The lowest BCUT2D eigenvalue weighted by Crippen LogP contribution is -2.24. The van der Waals surface area contributed by atoms with Gasteiger partial charge < -0.3 is 4.74 Å². The van der Waals surface area contributed by atoms with Gasteiger partial charge in [-0.1, -0.05) is 23.4 Å². The van der Waals surface area contributed by atoms with Gasteiger partial charge in [-0.3, -0.25) is 4.57 Å². The van der Waals surface area contributed by atoms with E-state index in [2.05, 4.69) is 10.2 Å². The van der Waals surface area contributed by atoms with Gasteiger partial charge in [0.2, 0.25) is 0 Å². The third-order valence-electron chi connectivity index (χ3n) is 3.11. The van der Waals surface area contributed by atoms with Crippen molar-refractivity contribution in [2.45, 2.75) is 36.4 Å². The van der Waals surface area contributed by atoms with E-state index < -0.39 is 0 Å². The molecule has 3 heterocycles. The highest BCUT2D eigenvalue weighted by Gasteiger charge is 2.19. The van der Waals surface area contributed by atoms with Crippen LogP contribution in [0.4, 0.5) is 0 Å². The number of ether oxygens (including phenoxy) is 1. The van der Waals surface area contributed by atoms with E-state index in [9.17, 15) is 4.79 Å². The average molecular weight is 332 g/mol. The van der Waals surface area contributed by atoms with Crippen molar-refractivity contribution in [1.29, 1.82) is 0 Å². The molecule has 0 aliphatic carbocycles. The zero-order chi connectivity index (χ0) is 13.9. The Hall–Kier alpha value is -0.760. The van der Waals surface area contributed by atoms with Crippen LogP contribution in [0.25, 0.3) is 0 Å². The predicted octanol–water partition coefficient (Wildman–Crippen LogP) is 2.76. The Balaban J connectivity index is 1.68. The number of thiophene rings is 1. The molecule has 0 spiro atoms. The van der Waals surface area contributed by atoms with Gasteiger partial charge in [0, 0.05) is 17.2 Å². The minimum Gasteiger partial charge on any atom is -0.376 e. The summed E-state index contributed by atoms with van der Waals surface area (Å²) in [7, 11) is 0. The molecule has 3 rings (SSSR count). The van der Waals surface area contributed by atoms with E-state index in [1.807, 2.05) is 12.1 Å². The van der Waals surface area contributed by atoms with Crippen LogP contribution in [-0.4, -0.2) is 27.5 Å². The lowest BCUT2D eigenvalue weighted by Gasteiger charge is -2.10. The fourth-order valence-corrected chi connectivity index (χ4v) is 4.22. The standard InChI is InChI=1S/C12H14ClN3O2S2/c13-10-4-3-9(20-10)7-19-12-15-14-11(17)16(12)6-8-2-1-5-18-8/h3-4,8H,1-2,5-7H2,(H,14,17). The van der Waals surface area contributed by atoms with E-state index in [-0.39, 0.29) is 11.8 Å². The lowest BCUT2D eigenvalue weighted by molar-refractivity contribution is 0.0941. The van der Waals surface area contributed by atoms with Gasteiger partial charge in [0.15, 0.2) is 5.16 Å². The van der Waals surface area contributed by atoms with E-state index in [1.54, 1.807) is 15.9 Å². The van der Waals surface area contributed by atoms with Gasteiger partial charge in [-0.2, -0.15) is 0 Å². The van der Waals surface area contributed by atoms with Crippen molar-refractivity contribution in [2.24, 2.45) is 0 Å². The minimum absolute atomic E-state index is 0.126. The highest BCUT2D eigenvalue weighted by Crippen LogP contribution is 2.28. The smallest absolute Gasteiger partial charge is 0.344 e. The van der Waals surface area contributed by atoms with Crippen LogP contribution < -0.4 is 5.69 Å². The number of thioether (sulfide) groups is 1. The number of aromatic nitrogens is 3. The van der Waals surface area contributed by atoms with Crippen LogP contribution in [0.15, 0.2) is 22.1 Å². The second kappa shape index (κ2) is 6.34. The molecule has 1 fully saturated rings. The Labute approximate surface area is 129 Å². The summed E-state index contributed by atoms with van der Waals surface area (Å²) in [4.78, 5) is 13.0. The summed E-state index contributed by atoms with van der Waals surface area (Å²) < 4.78 is 8.02. The predicted molar refractivity (Wildman–Crippen MR) is 80.7 cm³/mol. The zero-order valence-electron chi connectivity index (χ0n) is 10.7. The molecule has 108 valence electrons. The Morgan fingerprint density at radius 3 is 3.20 bits per heavy atom. The Morgan fingerprint density at radius 1 is 1.60 bits per heavy atom. The molecular formula is C12H14ClN3O2S2. The quantitative estimate of drug-likeness (QED) is 0.856. The highest BCUT2D eigenvalue weighted by molar-refractivity contribution is 7.98. The maximum absolute atomic E-state index is 11.8. The maximum Gasteiger partial charge on any atom is 0.344 e. The SMILES string of the molecule is O=c1[nH]nc(SCc2ccc(Cl)s2)n1CC1CCCO1. The van der Waals surface area contributed by atoms with E-state index in [0.29, 0.717) is 11.7 Å². The molecule has 1 aliphatic rings. The van der Waals surface area contributed by atoms with Gasteiger partial charge >= 0.3 is 5.69 Å². The third kappa shape index (κ3) is 3.28. The number of hydrogen-bond acceptors (Lipinski definition) is 5. The van der Waals surface area contributed by atoms with Crippen LogP contribution in [0.1, 0.15) is 17.7 Å². The van der Waals surface area contributed by atoms with Crippen LogP contribution in [0.5, 0.6) is 0 Å². The zero-order valence-corrected chi connectivity index (χ0v) is 13.1. The van der Waals surface area contributed by atoms with Gasteiger partial charge in [0.05, 0.1) is 17.0 Å². The molecule has 0 aromatic carbocycles. The number of nitrogens with zero attached hydrogens (tertiary/aromatic N) is 2. The van der Waals surface area contributed by atoms with Crippen LogP contribution in [0, 0.1) is 0 Å². The van der Waals surface area contributed by atoms with Gasteiger partial charge in [0.25, 0.3) is 0 Å². The molecule has 1 saturated heterocycles. The van der Waals surface area contributed by atoms with Crippen molar-refractivity contribution in [3.05, 3.63) is 31.8 Å². The number of aromatic amines is 1. The molecule has 8 heteroatoms. The highest BCUT2D eigenvalue weighted by atomic mass is 35.5. The van der Waals surface area contributed by atoms with Gasteiger partial charge in [0.1, 0.15) is 0 Å². The molecule has 1 aliphatic heterocycles.